The number of amides is 1. The highest BCUT2D eigenvalue weighted by molar-refractivity contribution is 7.11. The van der Waals surface area contributed by atoms with Crippen molar-refractivity contribution in [2.24, 2.45) is 0 Å². The summed E-state index contributed by atoms with van der Waals surface area (Å²) in [4.78, 5) is 18.6. The van der Waals surface area contributed by atoms with Gasteiger partial charge in [-0.1, -0.05) is 11.6 Å². The zero-order valence-electron chi connectivity index (χ0n) is 9.30. The van der Waals surface area contributed by atoms with Gasteiger partial charge in [0.25, 0.3) is 5.91 Å². The first-order valence-electron chi connectivity index (χ1n) is 5.38. The van der Waals surface area contributed by atoms with Crippen molar-refractivity contribution in [2.75, 3.05) is 18.1 Å². The van der Waals surface area contributed by atoms with Gasteiger partial charge < -0.3 is 9.64 Å². The van der Waals surface area contributed by atoms with Gasteiger partial charge in [-0.05, 0) is 18.2 Å². The Morgan fingerprint density at radius 1 is 1.50 bits per heavy atom. The summed E-state index contributed by atoms with van der Waals surface area (Å²) in [6, 6.07) is 5.28. The van der Waals surface area contributed by atoms with Crippen molar-refractivity contribution in [2.45, 2.75) is 0 Å². The molecule has 92 valence electrons. The predicted molar refractivity (Wildman–Crippen MR) is 70.7 cm³/mol. The Labute approximate surface area is 113 Å². The highest BCUT2D eigenvalue weighted by Crippen LogP contribution is 2.35. The van der Waals surface area contributed by atoms with E-state index in [4.69, 9.17) is 16.3 Å². The molecule has 0 spiro atoms. The van der Waals surface area contributed by atoms with E-state index in [1.807, 2.05) is 0 Å². The van der Waals surface area contributed by atoms with E-state index in [-0.39, 0.29) is 5.91 Å². The van der Waals surface area contributed by atoms with Gasteiger partial charge in [0, 0.05) is 5.02 Å². The second-order valence-electron chi connectivity index (χ2n) is 3.78. The van der Waals surface area contributed by atoms with Gasteiger partial charge in [0.2, 0.25) is 0 Å². The Kier molecular flexibility index (Phi) is 2.93. The molecular formula is C12H9ClN2O2S. The number of carbonyl (C=O) groups excluding carboxylic acids is 1. The highest BCUT2D eigenvalue weighted by Gasteiger charge is 2.25. The number of anilines is 1. The van der Waals surface area contributed by atoms with Gasteiger partial charge in [0.05, 0.1) is 23.9 Å². The Balaban J connectivity index is 2.01. The number of fused-ring (bicyclic) bond motifs is 1. The van der Waals surface area contributed by atoms with Gasteiger partial charge in [-0.15, -0.1) is 11.3 Å². The zero-order chi connectivity index (χ0) is 12.5. The average Bonchev–Trinajstić information content (AvgIpc) is 2.91. The fourth-order valence-corrected chi connectivity index (χ4v) is 2.59. The molecule has 0 N–H and O–H groups in total. The lowest BCUT2D eigenvalue weighted by Crippen LogP contribution is -2.37. The lowest BCUT2D eigenvalue weighted by molar-refractivity contribution is 0.0980. The number of carbonyl (C=O) groups is 1. The zero-order valence-corrected chi connectivity index (χ0v) is 10.9. The molecule has 2 heterocycles. The van der Waals surface area contributed by atoms with E-state index in [9.17, 15) is 4.79 Å². The third kappa shape index (κ3) is 1.95. The summed E-state index contributed by atoms with van der Waals surface area (Å²) < 4.78 is 5.51. The summed E-state index contributed by atoms with van der Waals surface area (Å²) in [6.45, 7) is 1.00. The van der Waals surface area contributed by atoms with Gasteiger partial charge >= 0.3 is 0 Å². The fraction of sp³-hybridized carbons (Fsp3) is 0.167. The molecule has 1 aromatic heterocycles. The van der Waals surface area contributed by atoms with E-state index in [1.54, 1.807) is 34.8 Å². The summed E-state index contributed by atoms with van der Waals surface area (Å²) in [7, 11) is 0. The average molecular weight is 281 g/mol. The summed E-state index contributed by atoms with van der Waals surface area (Å²) in [5.74, 6) is 0.618. The van der Waals surface area contributed by atoms with Crippen molar-refractivity contribution in [3.05, 3.63) is 39.8 Å². The fourth-order valence-electron chi connectivity index (χ4n) is 1.86. The quantitative estimate of drug-likeness (QED) is 0.807. The Morgan fingerprint density at radius 3 is 3.17 bits per heavy atom. The number of hydrogen-bond donors (Lipinski definition) is 0. The van der Waals surface area contributed by atoms with E-state index in [1.165, 1.54) is 11.3 Å². The Hall–Kier alpha value is -1.59. The molecule has 1 aromatic carbocycles. The van der Waals surface area contributed by atoms with Gasteiger partial charge in [-0.2, -0.15) is 0 Å². The molecule has 3 rings (SSSR count). The number of rotatable bonds is 1. The van der Waals surface area contributed by atoms with Crippen LogP contribution in [0.2, 0.25) is 5.02 Å². The lowest BCUT2D eigenvalue weighted by Gasteiger charge is -2.29. The molecule has 0 atom stereocenters. The summed E-state index contributed by atoms with van der Waals surface area (Å²) in [6.07, 6.45) is 1.58. The number of halogens is 1. The van der Waals surface area contributed by atoms with Crippen LogP contribution in [0, 0.1) is 0 Å². The van der Waals surface area contributed by atoms with Gasteiger partial charge in [-0.3, -0.25) is 9.78 Å². The standard InChI is InChI=1S/C12H9ClN2O2S/c13-8-1-2-10-9(5-8)15(3-4-17-10)12(16)11-6-14-7-18-11/h1-2,5-7H,3-4H2. The maximum absolute atomic E-state index is 12.3. The summed E-state index contributed by atoms with van der Waals surface area (Å²) in [5, 5.41) is 0.585. The lowest BCUT2D eigenvalue weighted by atomic mass is 10.2. The second kappa shape index (κ2) is 4.59. The highest BCUT2D eigenvalue weighted by atomic mass is 35.5. The van der Waals surface area contributed by atoms with Crippen LogP contribution in [0.5, 0.6) is 5.75 Å². The molecule has 0 bridgehead atoms. The predicted octanol–water partition coefficient (Wildman–Crippen LogP) is 2.84. The number of ether oxygens (including phenoxy) is 1. The molecule has 0 fully saturated rings. The van der Waals surface area contributed by atoms with Crippen LogP contribution in [0.25, 0.3) is 0 Å². The van der Waals surface area contributed by atoms with Crippen molar-refractivity contribution in [3.63, 3.8) is 0 Å². The number of benzene rings is 1. The van der Waals surface area contributed by atoms with Crippen molar-refractivity contribution in [1.82, 2.24) is 4.98 Å². The number of nitrogens with zero attached hydrogens (tertiary/aromatic N) is 2. The van der Waals surface area contributed by atoms with Crippen LogP contribution in [0.3, 0.4) is 0 Å². The number of thiazole rings is 1. The SMILES string of the molecule is O=C(c1cncs1)N1CCOc2ccc(Cl)cc21. The van der Waals surface area contributed by atoms with Crippen LogP contribution in [-0.2, 0) is 0 Å². The van der Waals surface area contributed by atoms with E-state index in [0.29, 0.717) is 34.5 Å². The van der Waals surface area contributed by atoms with E-state index >= 15 is 0 Å². The molecule has 1 aliphatic heterocycles. The maximum atomic E-state index is 12.3. The minimum atomic E-state index is -0.0654. The van der Waals surface area contributed by atoms with Crippen molar-refractivity contribution in [1.29, 1.82) is 0 Å². The molecule has 18 heavy (non-hydrogen) atoms. The Bertz CT molecular complexity index is 586. The molecule has 0 saturated heterocycles. The monoisotopic (exact) mass is 280 g/mol. The normalized spacial score (nSPS) is 13.9. The van der Waals surface area contributed by atoms with Gasteiger partial charge in [0.15, 0.2) is 0 Å². The van der Waals surface area contributed by atoms with Crippen LogP contribution in [-0.4, -0.2) is 24.0 Å². The van der Waals surface area contributed by atoms with E-state index < -0.39 is 0 Å². The van der Waals surface area contributed by atoms with Crippen molar-refractivity contribution < 1.29 is 9.53 Å². The molecule has 1 amide bonds. The van der Waals surface area contributed by atoms with E-state index in [2.05, 4.69) is 4.98 Å². The smallest absolute Gasteiger partial charge is 0.270 e. The summed E-state index contributed by atoms with van der Waals surface area (Å²) >= 11 is 7.30. The molecule has 0 unspecified atom stereocenters. The molecule has 0 saturated carbocycles. The molecule has 1 aliphatic rings. The summed E-state index contributed by atoms with van der Waals surface area (Å²) in [5.41, 5.74) is 2.36. The van der Waals surface area contributed by atoms with Gasteiger partial charge in [0.1, 0.15) is 17.2 Å². The molecular weight excluding hydrogens is 272 g/mol. The molecule has 0 aliphatic carbocycles. The molecule has 6 heteroatoms. The van der Waals surface area contributed by atoms with Gasteiger partial charge in [-0.25, -0.2) is 0 Å². The topological polar surface area (TPSA) is 42.4 Å². The van der Waals surface area contributed by atoms with Crippen LogP contribution in [0.15, 0.2) is 29.9 Å². The minimum absolute atomic E-state index is 0.0654. The Morgan fingerprint density at radius 2 is 2.39 bits per heavy atom. The molecule has 4 nitrogen and oxygen atoms in total. The molecule has 2 aromatic rings. The minimum Gasteiger partial charge on any atom is -0.490 e. The first-order valence-corrected chi connectivity index (χ1v) is 6.64. The van der Waals surface area contributed by atoms with Crippen molar-refractivity contribution in [3.8, 4) is 5.75 Å². The third-order valence-corrected chi connectivity index (χ3v) is 3.67. The van der Waals surface area contributed by atoms with Crippen LogP contribution in [0.4, 0.5) is 5.69 Å². The first kappa shape index (κ1) is 11.5. The van der Waals surface area contributed by atoms with Crippen molar-refractivity contribution >= 4 is 34.5 Å². The second-order valence-corrected chi connectivity index (χ2v) is 5.11. The third-order valence-electron chi connectivity index (χ3n) is 2.67. The first-order chi connectivity index (χ1) is 8.75. The van der Waals surface area contributed by atoms with Crippen LogP contribution in [0.1, 0.15) is 9.67 Å². The number of aromatic nitrogens is 1. The molecule has 0 radical (unpaired) electrons. The van der Waals surface area contributed by atoms with Crippen LogP contribution < -0.4 is 9.64 Å². The van der Waals surface area contributed by atoms with E-state index in [0.717, 1.165) is 0 Å². The largest absolute Gasteiger partial charge is 0.490 e. The maximum Gasteiger partial charge on any atom is 0.270 e. The number of hydrogen-bond acceptors (Lipinski definition) is 4. The van der Waals surface area contributed by atoms with Crippen LogP contribution >= 0.6 is 22.9 Å².